The lowest BCUT2D eigenvalue weighted by Crippen LogP contribution is -2.45. The second-order valence-electron chi connectivity index (χ2n) is 8.70. The van der Waals surface area contributed by atoms with Gasteiger partial charge in [0.25, 0.3) is 0 Å². The molecule has 5 unspecified atom stereocenters. The maximum absolute atomic E-state index is 10.6. The summed E-state index contributed by atoms with van der Waals surface area (Å²) in [5.41, 5.74) is 4.62. The number of pyridine rings is 1. The molecule has 0 spiro atoms. The molecule has 0 aliphatic heterocycles. The molecule has 2 fully saturated rings. The van der Waals surface area contributed by atoms with Gasteiger partial charge in [0.05, 0.1) is 5.60 Å². The minimum absolute atomic E-state index is 0.514. The Morgan fingerprint density at radius 3 is 2.85 bits per heavy atom. The summed E-state index contributed by atoms with van der Waals surface area (Å²) in [6.45, 7) is 4.37. The second-order valence-corrected chi connectivity index (χ2v) is 8.70. The van der Waals surface area contributed by atoms with Crippen molar-refractivity contribution in [3.8, 4) is 0 Å². The van der Waals surface area contributed by atoms with Crippen molar-refractivity contribution in [3.05, 3.63) is 24.0 Å². The van der Waals surface area contributed by atoms with Crippen LogP contribution in [-0.2, 0) is 6.42 Å². The van der Waals surface area contributed by atoms with Crippen molar-refractivity contribution in [2.24, 2.45) is 29.5 Å². The van der Waals surface area contributed by atoms with Gasteiger partial charge >= 0.3 is 7.48 Å². The normalized spacial score (nSPS) is 32.7. The molecule has 0 amide bonds. The third kappa shape index (κ3) is 4.37. The van der Waals surface area contributed by atoms with Gasteiger partial charge in [-0.1, -0.05) is 6.92 Å². The Labute approximate surface area is 162 Å². The van der Waals surface area contributed by atoms with Crippen LogP contribution < -0.4 is 16.7 Å². The molecule has 147 valence electrons. The molecule has 0 aromatic carbocycles. The number of hydrogen-bond acceptors (Lipinski definition) is 5. The largest absolute Gasteiger partial charge is 0.450 e. The van der Waals surface area contributed by atoms with Crippen LogP contribution >= 0.6 is 0 Å². The zero-order chi connectivity index (χ0) is 19.6. The van der Waals surface area contributed by atoms with Crippen LogP contribution in [0.1, 0.15) is 45.1 Å². The van der Waals surface area contributed by atoms with Gasteiger partial charge in [0.2, 0.25) is 0 Å². The molecule has 2 saturated carbocycles. The molecule has 2 aliphatic rings. The maximum Gasteiger partial charge on any atom is 0.328 e. The molecule has 2 heterocycles. The van der Waals surface area contributed by atoms with E-state index in [0.29, 0.717) is 23.7 Å². The van der Waals surface area contributed by atoms with Gasteiger partial charge in [-0.05, 0) is 86.8 Å². The Kier molecular flexibility index (Phi) is 6.26. The Balaban J connectivity index is 0.000000659. The van der Waals surface area contributed by atoms with E-state index in [1.807, 2.05) is 13.1 Å². The molecular weight excluding hydrogens is 339 g/mol. The van der Waals surface area contributed by atoms with Gasteiger partial charge in [0, 0.05) is 17.8 Å². The molecule has 0 saturated heterocycles. The van der Waals surface area contributed by atoms with Gasteiger partial charge < -0.3 is 15.1 Å². The SMILES string of the molecule is CC1CC2CC(CC(C)(O)C2)C1Cc1c([B]O)cnc2[nH]ccc12.CNN. The van der Waals surface area contributed by atoms with Crippen molar-refractivity contribution in [1.29, 1.82) is 0 Å². The monoisotopic (exact) mass is 371 g/mol. The lowest BCUT2D eigenvalue weighted by molar-refractivity contribution is -0.0680. The number of H-pyrrole nitrogens is 1. The first kappa shape index (κ1) is 20.3. The smallest absolute Gasteiger partial charge is 0.328 e. The summed E-state index contributed by atoms with van der Waals surface area (Å²) < 4.78 is 0. The number of nitrogens with zero attached hydrogens (tertiary/aromatic N) is 1. The predicted octanol–water partition coefficient (Wildman–Crippen LogP) is 1.25. The van der Waals surface area contributed by atoms with Gasteiger partial charge in [-0.3, -0.25) is 11.3 Å². The number of aliphatic hydroxyl groups is 1. The lowest BCUT2D eigenvalue weighted by atomic mass is 9.57. The van der Waals surface area contributed by atoms with E-state index in [1.165, 1.54) is 25.9 Å². The number of fused-ring (bicyclic) bond motifs is 3. The number of hydrogen-bond donors (Lipinski definition) is 5. The number of aromatic amines is 1. The zero-order valence-corrected chi connectivity index (χ0v) is 16.6. The van der Waals surface area contributed by atoms with Crippen LogP contribution in [0.15, 0.2) is 18.5 Å². The molecule has 2 aromatic rings. The number of rotatable bonds is 3. The summed E-state index contributed by atoms with van der Waals surface area (Å²) in [4.78, 5) is 7.55. The molecule has 7 heteroatoms. The van der Waals surface area contributed by atoms with Crippen molar-refractivity contribution < 1.29 is 10.1 Å². The maximum atomic E-state index is 10.6. The Morgan fingerprint density at radius 1 is 1.41 bits per heavy atom. The first-order chi connectivity index (χ1) is 12.9. The van der Waals surface area contributed by atoms with Crippen molar-refractivity contribution in [3.63, 3.8) is 0 Å². The third-order valence-electron chi connectivity index (χ3n) is 6.42. The summed E-state index contributed by atoms with van der Waals surface area (Å²) >= 11 is 0. The number of hydrazine groups is 1. The van der Waals surface area contributed by atoms with Crippen LogP contribution in [0.2, 0.25) is 0 Å². The fourth-order valence-corrected chi connectivity index (χ4v) is 5.56. The van der Waals surface area contributed by atoms with Crippen molar-refractivity contribution in [2.45, 2.75) is 51.6 Å². The van der Waals surface area contributed by atoms with E-state index in [1.54, 1.807) is 13.2 Å². The van der Waals surface area contributed by atoms with E-state index in [9.17, 15) is 10.1 Å². The van der Waals surface area contributed by atoms with Gasteiger partial charge in [-0.25, -0.2) is 4.98 Å². The highest BCUT2D eigenvalue weighted by Gasteiger charge is 2.44. The highest BCUT2D eigenvalue weighted by atomic mass is 16.3. The Hall–Kier alpha value is -1.41. The van der Waals surface area contributed by atoms with E-state index < -0.39 is 5.60 Å². The Morgan fingerprint density at radius 2 is 2.15 bits per heavy atom. The van der Waals surface area contributed by atoms with Crippen LogP contribution in [0.3, 0.4) is 0 Å². The number of nitrogens with one attached hydrogen (secondary N) is 2. The molecule has 6 nitrogen and oxygen atoms in total. The van der Waals surface area contributed by atoms with Crippen molar-refractivity contribution >= 4 is 24.0 Å². The molecule has 2 aromatic heterocycles. The van der Waals surface area contributed by atoms with Crippen LogP contribution in [0.25, 0.3) is 11.0 Å². The summed E-state index contributed by atoms with van der Waals surface area (Å²) in [5.74, 6) is 7.03. The number of aromatic nitrogens is 2. The van der Waals surface area contributed by atoms with E-state index in [-0.39, 0.29) is 0 Å². The molecule has 27 heavy (non-hydrogen) atoms. The standard InChI is InChI=1S/C19H26BN2O2.CH6N2/c1-11-5-12-6-13(9-19(2,23)8-12)15(11)7-16-14-3-4-21-18(14)22-10-17(16)20-24;1-3-2/h3-4,10-13,15,23-24H,5-9H2,1-2H3,(H,21,22);3H,2H2,1H3. The van der Waals surface area contributed by atoms with Gasteiger partial charge in [0.15, 0.2) is 0 Å². The average molecular weight is 371 g/mol. The minimum Gasteiger partial charge on any atom is -0.450 e. The first-order valence-electron chi connectivity index (χ1n) is 9.90. The minimum atomic E-state index is -0.514. The summed E-state index contributed by atoms with van der Waals surface area (Å²) in [7, 11) is 2.84. The number of nitrogens with two attached hydrogens (primary N) is 1. The fraction of sp³-hybridized carbons (Fsp3) is 0.650. The third-order valence-corrected chi connectivity index (χ3v) is 6.42. The van der Waals surface area contributed by atoms with Gasteiger partial charge in [-0.15, -0.1) is 0 Å². The fourth-order valence-electron chi connectivity index (χ4n) is 5.56. The van der Waals surface area contributed by atoms with Crippen LogP contribution in [0.5, 0.6) is 0 Å². The Bertz CT molecular complexity index is 762. The quantitative estimate of drug-likeness (QED) is 0.317. The van der Waals surface area contributed by atoms with Gasteiger partial charge in [0.1, 0.15) is 5.65 Å². The molecule has 2 aliphatic carbocycles. The second kappa shape index (κ2) is 8.31. The molecule has 4 rings (SSSR count). The molecule has 1 radical (unpaired) electrons. The summed E-state index contributed by atoms with van der Waals surface area (Å²) in [5, 5.41) is 21.4. The van der Waals surface area contributed by atoms with E-state index in [2.05, 4.69) is 34.2 Å². The van der Waals surface area contributed by atoms with Crippen molar-refractivity contribution in [2.75, 3.05) is 7.05 Å². The topological polar surface area (TPSA) is 107 Å². The molecule has 6 N–H and O–H groups in total. The lowest BCUT2D eigenvalue weighted by Gasteiger charge is -2.49. The first-order valence-corrected chi connectivity index (χ1v) is 9.90. The van der Waals surface area contributed by atoms with Crippen molar-refractivity contribution in [1.82, 2.24) is 15.4 Å². The van der Waals surface area contributed by atoms with E-state index >= 15 is 0 Å². The molecule has 5 atom stereocenters. The van der Waals surface area contributed by atoms with Gasteiger partial charge in [-0.2, -0.15) is 0 Å². The molecule has 2 bridgehead atoms. The molecular formula is C20H32BN4O2. The van der Waals surface area contributed by atoms with E-state index in [0.717, 1.165) is 35.8 Å². The van der Waals surface area contributed by atoms with Crippen LogP contribution in [0.4, 0.5) is 0 Å². The summed E-state index contributed by atoms with van der Waals surface area (Å²) in [6, 6.07) is 2.05. The van der Waals surface area contributed by atoms with E-state index in [4.69, 9.17) is 0 Å². The highest BCUT2D eigenvalue weighted by Crippen LogP contribution is 2.50. The van der Waals surface area contributed by atoms with Crippen LogP contribution in [-0.4, -0.2) is 40.2 Å². The zero-order valence-electron chi connectivity index (χ0n) is 16.6. The van der Waals surface area contributed by atoms with Crippen LogP contribution in [0, 0.1) is 23.7 Å². The average Bonchev–Trinajstić information content (AvgIpc) is 3.06. The summed E-state index contributed by atoms with van der Waals surface area (Å²) in [6.07, 6.45) is 8.90. The predicted molar refractivity (Wildman–Crippen MR) is 109 cm³/mol. The highest BCUT2D eigenvalue weighted by molar-refractivity contribution is 6.46.